The number of ether oxygens (including phenoxy) is 1. The number of aromatic nitrogens is 1. The number of aryl methyl sites for hydroxylation is 3. The van der Waals surface area contributed by atoms with E-state index in [2.05, 4.69) is 53.2 Å². The van der Waals surface area contributed by atoms with Gasteiger partial charge in [0.25, 0.3) is 0 Å². The normalized spacial score (nSPS) is 11.0. The van der Waals surface area contributed by atoms with Gasteiger partial charge in [-0.1, -0.05) is 42.5 Å². The molecule has 0 aliphatic heterocycles. The molecular weight excluding hydrogens is 374 g/mol. The number of nitrogens with zero attached hydrogens (tertiary/aromatic N) is 1. The number of carboxylic acid groups (broad SMARTS) is 1. The molecule has 152 valence electrons. The lowest BCUT2D eigenvalue weighted by Gasteiger charge is -2.08. The van der Waals surface area contributed by atoms with Gasteiger partial charge in [0.1, 0.15) is 5.75 Å². The molecule has 0 radical (unpaired) electrons. The van der Waals surface area contributed by atoms with Crippen LogP contribution < -0.4 is 4.74 Å². The molecule has 3 aromatic carbocycles. The number of rotatable bonds is 8. The molecule has 0 spiro atoms. The maximum absolute atomic E-state index is 11.0. The van der Waals surface area contributed by atoms with Crippen molar-refractivity contribution in [2.75, 3.05) is 7.11 Å². The van der Waals surface area contributed by atoms with Crippen LogP contribution in [-0.2, 0) is 24.1 Å². The van der Waals surface area contributed by atoms with Gasteiger partial charge in [-0.2, -0.15) is 0 Å². The molecule has 4 aromatic rings. The molecule has 0 aliphatic rings. The van der Waals surface area contributed by atoms with Gasteiger partial charge in [-0.15, -0.1) is 0 Å². The van der Waals surface area contributed by atoms with Gasteiger partial charge in [-0.05, 0) is 60.2 Å². The summed E-state index contributed by atoms with van der Waals surface area (Å²) in [5.41, 5.74) is 5.78. The lowest BCUT2D eigenvalue weighted by molar-refractivity contribution is -0.136. The molecule has 0 atom stereocenters. The number of hydrogen-bond acceptors (Lipinski definition) is 2. The molecule has 1 N–H and O–H groups in total. The summed E-state index contributed by atoms with van der Waals surface area (Å²) >= 11 is 0. The van der Waals surface area contributed by atoms with E-state index < -0.39 is 5.97 Å². The number of methoxy groups -OCH3 is 1. The van der Waals surface area contributed by atoms with Gasteiger partial charge in [-0.25, -0.2) is 0 Å². The lowest BCUT2D eigenvalue weighted by Crippen LogP contribution is -1.97. The summed E-state index contributed by atoms with van der Waals surface area (Å²) in [5, 5.41) is 10.2. The standard InChI is InChI=1S/C26H25NO3/c1-30-23-9-5-8-22(17-23)27-18-21(13-10-19-6-3-2-4-7-19)24-16-20(11-14-25(24)27)12-15-26(28)29/h2-9,11,14,16-18H,10,12-13,15H2,1H3,(H,28,29). The van der Waals surface area contributed by atoms with Crippen LogP contribution >= 0.6 is 0 Å². The van der Waals surface area contributed by atoms with Crippen LogP contribution in [0.1, 0.15) is 23.1 Å². The highest BCUT2D eigenvalue weighted by Gasteiger charge is 2.12. The number of carboxylic acids is 1. The summed E-state index contributed by atoms with van der Waals surface area (Å²) in [6.45, 7) is 0. The third-order valence-corrected chi connectivity index (χ3v) is 5.44. The maximum Gasteiger partial charge on any atom is 0.303 e. The maximum atomic E-state index is 11.0. The van der Waals surface area contributed by atoms with Crippen molar-refractivity contribution >= 4 is 16.9 Å². The van der Waals surface area contributed by atoms with Gasteiger partial charge in [-0.3, -0.25) is 4.79 Å². The average Bonchev–Trinajstić information content (AvgIpc) is 3.15. The number of hydrogen-bond donors (Lipinski definition) is 1. The Morgan fingerprint density at radius 1 is 0.900 bits per heavy atom. The first kappa shape index (κ1) is 19.8. The van der Waals surface area contributed by atoms with Gasteiger partial charge in [0.05, 0.1) is 12.6 Å². The molecule has 4 nitrogen and oxygen atoms in total. The minimum Gasteiger partial charge on any atom is -0.497 e. The van der Waals surface area contributed by atoms with Crippen LogP contribution in [0.3, 0.4) is 0 Å². The fraction of sp³-hybridized carbons (Fsp3) is 0.192. The van der Waals surface area contributed by atoms with Crippen molar-refractivity contribution in [2.45, 2.75) is 25.7 Å². The van der Waals surface area contributed by atoms with E-state index in [0.29, 0.717) is 6.42 Å². The summed E-state index contributed by atoms with van der Waals surface area (Å²) < 4.78 is 7.60. The Labute approximate surface area is 176 Å². The Hall–Kier alpha value is -3.53. The van der Waals surface area contributed by atoms with Crippen molar-refractivity contribution in [3.05, 3.63) is 95.7 Å². The van der Waals surface area contributed by atoms with Gasteiger partial charge >= 0.3 is 5.97 Å². The second kappa shape index (κ2) is 8.87. The highest BCUT2D eigenvalue weighted by molar-refractivity contribution is 5.86. The zero-order chi connectivity index (χ0) is 20.9. The summed E-state index contributed by atoms with van der Waals surface area (Å²) in [4.78, 5) is 11.0. The second-order valence-corrected chi connectivity index (χ2v) is 7.46. The molecule has 0 saturated carbocycles. The fourth-order valence-corrected chi connectivity index (χ4v) is 3.85. The molecule has 0 bridgehead atoms. The largest absolute Gasteiger partial charge is 0.497 e. The first-order valence-corrected chi connectivity index (χ1v) is 10.2. The number of carbonyl (C=O) groups is 1. The van der Waals surface area contributed by atoms with Crippen molar-refractivity contribution in [2.24, 2.45) is 0 Å². The van der Waals surface area contributed by atoms with Crippen molar-refractivity contribution in [3.8, 4) is 11.4 Å². The minimum atomic E-state index is -0.770. The molecule has 0 saturated heterocycles. The Morgan fingerprint density at radius 3 is 2.50 bits per heavy atom. The predicted octanol–water partition coefficient (Wildman–Crippen LogP) is 5.44. The van der Waals surface area contributed by atoms with Crippen molar-refractivity contribution < 1.29 is 14.6 Å². The predicted molar refractivity (Wildman–Crippen MR) is 120 cm³/mol. The first-order chi connectivity index (χ1) is 14.6. The Kier molecular flexibility index (Phi) is 5.84. The molecule has 1 aromatic heterocycles. The molecule has 0 amide bonds. The topological polar surface area (TPSA) is 51.5 Å². The van der Waals surface area contributed by atoms with E-state index in [0.717, 1.165) is 35.4 Å². The number of fused-ring (bicyclic) bond motifs is 1. The van der Waals surface area contributed by atoms with Gasteiger partial charge < -0.3 is 14.4 Å². The Bertz CT molecular complexity index is 1160. The minimum absolute atomic E-state index is 0.140. The average molecular weight is 399 g/mol. The first-order valence-electron chi connectivity index (χ1n) is 10.2. The van der Waals surface area contributed by atoms with E-state index in [-0.39, 0.29) is 6.42 Å². The Morgan fingerprint density at radius 2 is 1.73 bits per heavy atom. The molecule has 4 rings (SSSR count). The third kappa shape index (κ3) is 4.38. The molecule has 0 unspecified atom stereocenters. The summed E-state index contributed by atoms with van der Waals surface area (Å²) in [5.74, 6) is 0.0478. The summed E-state index contributed by atoms with van der Waals surface area (Å²) in [7, 11) is 1.67. The zero-order valence-electron chi connectivity index (χ0n) is 17.0. The van der Waals surface area contributed by atoms with Crippen LogP contribution in [0.25, 0.3) is 16.6 Å². The fourth-order valence-electron chi connectivity index (χ4n) is 3.85. The van der Waals surface area contributed by atoms with Gasteiger partial charge in [0.2, 0.25) is 0 Å². The van der Waals surface area contributed by atoms with Crippen LogP contribution in [0, 0.1) is 0 Å². The molecule has 0 aliphatic carbocycles. The van der Waals surface area contributed by atoms with Crippen LogP contribution in [0.15, 0.2) is 79.0 Å². The smallest absolute Gasteiger partial charge is 0.303 e. The van der Waals surface area contributed by atoms with E-state index in [4.69, 9.17) is 9.84 Å². The SMILES string of the molecule is COc1cccc(-n2cc(CCc3ccccc3)c3cc(CCC(=O)O)ccc32)c1. The molecule has 0 fully saturated rings. The van der Waals surface area contributed by atoms with Crippen molar-refractivity contribution in [3.63, 3.8) is 0 Å². The van der Waals surface area contributed by atoms with Crippen LogP contribution in [0.5, 0.6) is 5.75 Å². The van der Waals surface area contributed by atoms with Crippen LogP contribution in [-0.4, -0.2) is 22.8 Å². The molecular formula is C26H25NO3. The van der Waals surface area contributed by atoms with E-state index >= 15 is 0 Å². The molecule has 1 heterocycles. The van der Waals surface area contributed by atoms with Gasteiger partial charge in [0.15, 0.2) is 0 Å². The number of benzene rings is 3. The van der Waals surface area contributed by atoms with Gasteiger partial charge in [0, 0.05) is 29.8 Å². The Balaban J connectivity index is 1.74. The van der Waals surface area contributed by atoms with E-state index in [1.165, 1.54) is 16.5 Å². The van der Waals surface area contributed by atoms with E-state index in [9.17, 15) is 4.79 Å². The lowest BCUT2D eigenvalue weighted by atomic mass is 10.0. The number of aliphatic carboxylic acids is 1. The summed E-state index contributed by atoms with van der Waals surface area (Å²) in [6, 6.07) is 24.8. The van der Waals surface area contributed by atoms with Crippen LogP contribution in [0.4, 0.5) is 0 Å². The van der Waals surface area contributed by atoms with E-state index in [1.54, 1.807) is 7.11 Å². The molecule has 4 heteroatoms. The second-order valence-electron chi connectivity index (χ2n) is 7.46. The zero-order valence-corrected chi connectivity index (χ0v) is 17.0. The van der Waals surface area contributed by atoms with Crippen molar-refractivity contribution in [1.82, 2.24) is 4.57 Å². The monoisotopic (exact) mass is 399 g/mol. The quantitative estimate of drug-likeness (QED) is 0.429. The van der Waals surface area contributed by atoms with Crippen molar-refractivity contribution in [1.29, 1.82) is 0 Å². The van der Waals surface area contributed by atoms with E-state index in [1.807, 2.05) is 30.3 Å². The van der Waals surface area contributed by atoms with Crippen LogP contribution in [0.2, 0.25) is 0 Å². The third-order valence-electron chi connectivity index (χ3n) is 5.44. The molecule has 30 heavy (non-hydrogen) atoms. The highest BCUT2D eigenvalue weighted by atomic mass is 16.5. The highest BCUT2D eigenvalue weighted by Crippen LogP contribution is 2.29. The summed E-state index contributed by atoms with van der Waals surface area (Å²) in [6.07, 6.45) is 4.75.